The van der Waals surface area contributed by atoms with E-state index in [-0.39, 0.29) is 12.0 Å². The van der Waals surface area contributed by atoms with E-state index in [9.17, 15) is 4.79 Å². The molecule has 3 aromatic heterocycles. The number of halogens is 1. The number of hydrogen-bond donors (Lipinski definition) is 0. The molecular formula is C24H22ClN5O2. The lowest BCUT2D eigenvalue weighted by Crippen LogP contribution is -2.42. The number of aryl methyl sites for hydroxylation is 1. The summed E-state index contributed by atoms with van der Waals surface area (Å²) in [5, 5.41) is 5.01. The fourth-order valence-corrected chi connectivity index (χ4v) is 4.12. The minimum absolute atomic E-state index is 0.100. The van der Waals surface area contributed by atoms with Crippen LogP contribution in [0.25, 0.3) is 5.65 Å². The average molecular weight is 448 g/mol. The van der Waals surface area contributed by atoms with E-state index in [4.69, 9.17) is 21.3 Å². The molecular weight excluding hydrogens is 426 g/mol. The molecule has 5 rings (SSSR count). The third-order valence-electron chi connectivity index (χ3n) is 5.56. The summed E-state index contributed by atoms with van der Waals surface area (Å²) in [6.45, 7) is 3.32. The van der Waals surface area contributed by atoms with Gasteiger partial charge in [-0.3, -0.25) is 9.78 Å². The molecule has 0 aliphatic carbocycles. The van der Waals surface area contributed by atoms with Crippen LogP contribution in [0.2, 0.25) is 5.02 Å². The lowest BCUT2D eigenvalue weighted by molar-refractivity contribution is -0.0247. The number of hydrogen-bond acceptors (Lipinski definition) is 5. The number of aromatic nitrogens is 4. The second-order valence-electron chi connectivity index (χ2n) is 7.89. The predicted octanol–water partition coefficient (Wildman–Crippen LogP) is 3.89. The molecule has 1 aromatic carbocycles. The molecule has 0 saturated carbocycles. The first-order chi connectivity index (χ1) is 15.6. The smallest absolute Gasteiger partial charge is 0.259 e. The molecule has 0 spiro atoms. The summed E-state index contributed by atoms with van der Waals surface area (Å²) in [5.74, 6) is -0.100. The van der Waals surface area contributed by atoms with Crippen molar-refractivity contribution >= 4 is 23.2 Å². The standard InChI is InChI=1S/C24H22ClN5O2/c1-16-12-26-23-19(13-27-30(23)14-16)24(31)29-9-10-32-22(15-29)21-8-4-6-18(28-21)11-17-5-2-3-7-20(17)25/h2-8,12-14,22H,9-11,15H2,1H3/t22-/m1/s1. The zero-order valence-electron chi connectivity index (χ0n) is 17.6. The number of carbonyl (C=O) groups is 1. The van der Waals surface area contributed by atoms with E-state index >= 15 is 0 Å². The lowest BCUT2D eigenvalue weighted by atomic mass is 10.1. The first-order valence-corrected chi connectivity index (χ1v) is 10.9. The van der Waals surface area contributed by atoms with Crippen LogP contribution in [0, 0.1) is 6.92 Å². The topological polar surface area (TPSA) is 72.6 Å². The largest absolute Gasteiger partial charge is 0.368 e. The van der Waals surface area contributed by atoms with Gasteiger partial charge >= 0.3 is 0 Å². The highest BCUT2D eigenvalue weighted by molar-refractivity contribution is 6.31. The van der Waals surface area contributed by atoms with Crippen molar-refractivity contribution in [2.75, 3.05) is 19.7 Å². The van der Waals surface area contributed by atoms with Gasteiger partial charge < -0.3 is 9.64 Å². The van der Waals surface area contributed by atoms with Gasteiger partial charge in [-0.25, -0.2) is 9.50 Å². The quantitative estimate of drug-likeness (QED) is 0.474. The van der Waals surface area contributed by atoms with Crippen molar-refractivity contribution in [1.82, 2.24) is 24.5 Å². The van der Waals surface area contributed by atoms with E-state index in [1.165, 1.54) is 0 Å². The van der Waals surface area contributed by atoms with Gasteiger partial charge in [0.05, 0.1) is 25.0 Å². The Labute approximate surface area is 190 Å². The Balaban J connectivity index is 1.35. The van der Waals surface area contributed by atoms with Crippen LogP contribution in [-0.4, -0.2) is 50.1 Å². The molecule has 1 aliphatic heterocycles. The molecule has 0 N–H and O–H groups in total. The van der Waals surface area contributed by atoms with Gasteiger partial charge in [0.15, 0.2) is 5.65 Å². The van der Waals surface area contributed by atoms with E-state index < -0.39 is 0 Å². The Bertz CT molecular complexity index is 1290. The number of benzene rings is 1. The zero-order chi connectivity index (χ0) is 22.1. The SMILES string of the molecule is Cc1cnc2c(C(=O)N3CCO[C@@H](c4cccc(Cc5ccccc5Cl)n4)C3)cnn2c1. The Morgan fingerprint density at radius 1 is 1.19 bits per heavy atom. The van der Waals surface area contributed by atoms with Crippen LogP contribution in [0.15, 0.2) is 61.1 Å². The molecule has 162 valence electrons. The van der Waals surface area contributed by atoms with Crippen molar-refractivity contribution in [2.24, 2.45) is 0 Å². The number of rotatable bonds is 4. The third kappa shape index (κ3) is 4.09. The molecule has 1 saturated heterocycles. The first kappa shape index (κ1) is 20.6. The maximum Gasteiger partial charge on any atom is 0.259 e. The molecule has 1 aliphatic rings. The van der Waals surface area contributed by atoms with Crippen molar-refractivity contribution in [2.45, 2.75) is 19.4 Å². The van der Waals surface area contributed by atoms with Crippen LogP contribution in [0.4, 0.5) is 0 Å². The molecule has 32 heavy (non-hydrogen) atoms. The first-order valence-electron chi connectivity index (χ1n) is 10.5. The normalized spacial score (nSPS) is 16.4. The van der Waals surface area contributed by atoms with Gasteiger partial charge in [-0.15, -0.1) is 0 Å². The number of amides is 1. The molecule has 0 unspecified atom stereocenters. The van der Waals surface area contributed by atoms with Crippen molar-refractivity contribution in [3.8, 4) is 0 Å². The van der Waals surface area contributed by atoms with E-state index in [1.54, 1.807) is 21.8 Å². The van der Waals surface area contributed by atoms with Crippen LogP contribution < -0.4 is 0 Å². The van der Waals surface area contributed by atoms with Crippen LogP contribution in [0.5, 0.6) is 0 Å². The number of pyridine rings is 1. The van der Waals surface area contributed by atoms with Gasteiger partial charge in [-0.05, 0) is 36.2 Å². The number of ether oxygens (including phenoxy) is 1. The predicted molar refractivity (Wildman–Crippen MR) is 121 cm³/mol. The molecule has 1 fully saturated rings. The minimum Gasteiger partial charge on any atom is -0.368 e. The molecule has 1 amide bonds. The van der Waals surface area contributed by atoms with E-state index in [1.807, 2.05) is 55.6 Å². The highest BCUT2D eigenvalue weighted by atomic mass is 35.5. The van der Waals surface area contributed by atoms with Crippen LogP contribution in [0.3, 0.4) is 0 Å². The summed E-state index contributed by atoms with van der Waals surface area (Å²) in [6, 6.07) is 13.6. The summed E-state index contributed by atoms with van der Waals surface area (Å²) in [4.78, 5) is 24.2. The number of morpholine rings is 1. The maximum atomic E-state index is 13.2. The van der Waals surface area contributed by atoms with Gasteiger partial charge in [0.2, 0.25) is 0 Å². The summed E-state index contributed by atoms with van der Waals surface area (Å²) < 4.78 is 7.61. The highest BCUT2D eigenvalue weighted by Gasteiger charge is 2.29. The Kier molecular flexibility index (Phi) is 5.59. The molecule has 0 radical (unpaired) electrons. The molecule has 7 nitrogen and oxygen atoms in total. The Hall–Kier alpha value is -3.29. The van der Waals surface area contributed by atoms with E-state index in [2.05, 4.69) is 10.1 Å². The van der Waals surface area contributed by atoms with Crippen molar-refractivity contribution < 1.29 is 9.53 Å². The van der Waals surface area contributed by atoms with E-state index in [0.29, 0.717) is 37.3 Å². The van der Waals surface area contributed by atoms with Crippen molar-refractivity contribution in [1.29, 1.82) is 0 Å². The minimum atomic E-state index is -0.295. The third-order valence-corrected chi connectivity index (χ3v) is 5.93. The second kappa shape index (κ2) is 8.68. The lowest BCUT2D eigenvalue weighted by Gasteiger charge is -2.32. The van der Waals surface area contributed by atoms with Crippen molar-refractivity contribution in [3.63, 3.8) is 0 Å². The summed E-state index contributed by atoms with van der Waals surface area (Å²) in [6.07, 6.45) is 5.52. The highest BCUT2D eigenvalue weighted by Crippen LogP contribution is 2.24. The maximum absolute atomic E-state index is 13.2. The fraction of sp³-hybridized carbons (Fsp3) is 0.250. The van der Waals surface area contributed by atoms with Gasteiger partial charge in [-0.1, -0.05) is 35.9 Å². The zero-order valence-corrected chi connectivity index (χ0v) is 18.4. The summed E-state index contributed by atoms with van der Waals surface area (Å²) >= 11 is 6.31. The Morgan fingerprint density at radius 3 is 2.94 bits per heavy atom. The molecule has 1 atom stereocenters. The summed E-state index contributed by atoms with van der Waals surface area (Å²) in [5.41, 5.74) is 4.77. The number of fused-ring (bicyclic) bond motifs is 1. The van der Waals surface area contributed by atoms with Gasteiger partial charge in [0.25, 0.3) is 5.91 Å². The van der Waals surface area contributed by atoms with Crippen LogP contribution in [-0.2, 0) is 11.2 Å². The Morgan fingerprint density at radius 2 is 2.06 bits per heavy atom. The van der Waals surface area contributed by atoms with Gasteiger partial charge in [0, 0.05) is 36.1 Å². The van der Waals surface area contributed by atoms with E-state index in [0.717, 1.165) is 27.5 Å². The average Bonchev–Trinajstić information content (AvgIpc) is 3.23. The van der Waals surface area contributed by atoms with Crippen molar-refractivity contribution in [3.05, 3.63) is 94.2 Å². The molecule has 8 heteroatoms. The number of nitrogens with zero attached hydrogens (tertiary/aromatic N) is 5. The van der Waals surface area contributed by atoms with Gasteiger partial charge in [0.1, 0.15) is 11.7 Å². The monoisotopic (exact) mass is 447 g/mol. The van der Waals surface area contributed by atoms with Crippen LogP contribution in [0.1, 0.15) is 39.0 Å². The summed E-state index contributed by atoms with van der Waals surface area (Å²) in [7, 11) is 0. The van der Waals surface area contributed by atoms with Gasteiger partial charge in [-0.2, -0.15) is 5.10 Å². The molecule has 4 heterocycles. The van der Waals surface area contributed by atoms with Crippen LogP contribution >= 0.6 is 11.6 Å². The fourth-order valence-electron chi connectivity index (χ4n) is 3.91. The molecule has 4 aromatic rings. The number of carbonyl (C=O) groups excluding carboxylic acids is 1. The second-order valence-corrected chi connectivity index (χ2v) is 8.30. The molecule has 0 bridgehead atoms.